The lowest BCUT2D eigenvalue weighted by Crippen LogP contribution is -2.40. The number of alkyl halides is 1. The zero-order valence-corrected chi connectivity index (χ0v) is 14.4. The van der Waals surface area contributed by atoms with Gasteiger partial charge in [0, 0.05) is 5.71 Å². The molecular formula is C17H16ClN3O4. The van der Waals surface area contributed by atoms with Crippen molar-refractivity contribution in [3.63, 3.8) is 0 Å². The molecule has 1 aromatic carbocycles. The number of nitrogens with zero attached hydrogens (tertiary/aromatic N) is 3. The summed E-state index contributed by atoms with van der Waals surface area (Å²) < 4.78 is 9.86. The Morgan fingerprint density at radius 3 is 2.64 bits per heavy atom. The molecule has 0 N–H and O–H groups in total. The Morgan fingerprint density at radius 1 is 1.32 bits per heavy atom. The van der Waals surface area contributed by atoms with Crippen LogP contribution < -0.4 is 0 Å². The summed E-state index contributed by atoms with van der Waals surface area (Å²) in [6.45, 7) is 3.25. The number of hydrogen-bond acceptors (Lipinski definition) is 6. The Labute approximate surface area is 149 Å². The minimum atomic E-state index is -0.816. The molecule has 3 rings (SSSR count). The molecule has 0 aliphatic carbocycles. The number of carbonyl (C=O) groups excluding carboxylic acids is 2. The number of ether oxygens (including phenoxy) is 2. The minimum Gasteiger partial charge on any atom is -0.434 e. The molecule has 130 valence electrons. The predicted molar refractivity (Wildman–Crippen MR) is 91.9 cm³/mol. The normalized spacial score (nSPS) is 23.6. The van der Waals surface area contributed by atoms with Gasteiger partial charge in [0.25, 0.3) is 0 Å². The van der Waals surface area contributed by atoms with E-state index in [1.54, 1.807) is 13.0 Å². The standard InChI is InChI=1S/C17H16ClN3O4/c1-10-14(13-8-9-24-16(13)22)15(12-6-4-3-5-7-12)20-21(19-10)17(23)25-11(2)18/h3-9,11,13-14H,1-2H3. The van der Waals surface area contributed by atoms with E-state index in [1.807, 2.05) is 30.3 Å². The van der Waals surface area contributed by atoms with E-state index in [0.29, 0.717) is 11.4 Å². The molecule has 7 nitrogen and oxygen atoms in total. The van der Waals surface area contributed by atoms with Crippen molar-refractivity contribution in [2.75, 3.05) is 0 Å². The number of carbonyl (C=O) groups is 2. The highest BCUT2D eigenvalue weighted by atomic mass is 35.5. The van der Waals surface area contributed by atoms with E-state index in [4.69, 9.17) is 21.1 Å². The number of hydrogen-bond donors (Lipinski definition) is 0. The lowest BCUT2D eigenvalue weighted by molar-refractivity contribution is -0.139. The molecule has 0 spiro atoms. The van der Waals surface area contributed by atoms with Crippen LogP contribution in [0.15, 0.2) is 52.9 Å². The van der Waals surface area contributed by atoms with Crippen LogP contribution in [0.2, 0.25) is 0 Å². The van der Waals surface area contributed by atoms with Crippen molar-refractivity contribution < 1.29 is 19.1 Å². The number of amides is 1. The maximum absolute atomic E-state index is 12.1. The van der Waals surface area contributed by atoms with E-state index < -0.39 is 23.5 Å². The van der Waals surface area contributed by atoms with Crippen LogP contribution in [-0.4, -0.2) is 34.2 Å². The first-order valence-corrected chi connectivity index (χ1v) is 8.12. The third kappa shape index (κ3) is 3.56. The van der Waals surface area contributed by atoms with Gasteiger partial charge in [0.2, 0.25) is 0 Å². The molecule has 0 radical (unpaired) electrons. The summed E-state index contributed by atoms with van der Waals surface area (Å²) in [6, 6.07) is 9.27. The third-order valence-corrected chi connectivity index (χ3v) is 3.89. The second-order valence-electron chi connectivity index (χ2n) is 5.58. The van der Waals surface area contributed by atoms with Gasteiger partial charge in [-0.05, 0) is 25.5 Å². The van der Waals surface area contributed by atoms with Crippen molar-refractivity contribution in [3.8, 4) is 0 Å². The molecule has 2 aliphatic rings. The average molecular weight is 362 g/mol. The SMILES string of the molecule is CC1=NN(C(=O)OC(C)Cl)N=C(c2ccccc2)C1C1C=COC1=O. The maximum Gasteiger partial charge on any atom is 0.453 e. The van der Waals surface area contributed by atoms with E-state index in [9.17, 15) is 9.59 Å². The second kappa shape index (κ2) is 7.06. The van der Waals surface area contributed by atoms with Crippen LogP contribution in [0.5, 0.6) is 0 Å². The molecule has 2 heterocycles. The van der Waals surface area contributed by atoms with Crippen molar-refractivity contribution in [1.29, 1.82) is 0 Å². The molecule has 3 unspecified atom stereocenters. The first-order valence-electron chi connectivity index (χ1n) is 7.68. The second-order valence-corrected chi connectivity index (χ2v) is 6.19. The van der Waals surface area contributed by atoms with Gasteiger partial charge in [-0.3, -0.25) is 4.79 Å². The van der Waals surface area contributed by atoms with Gasteiger partial charge >= 0.3 is 12.1 Å². The highest BCUT2D eigenvalue weighted by molar-refractivity contribution is 6.20. The molecule has 1 aromatic rings. The predicted octanol–water partition coefficient (Wildman–Crippen LogP) is 3.11. The Kier molecular flexibility index (Phi) is 4.85. The van der Waals surface area contributed by atoms with E-state index in [-0.39, 0.29) is 5.97 Å². The lowest BCUT2D eigenvalue weighted by atomic mass is 9.82. The van der Waals surface area contributed by atoms with Crippen LogP contribution in [0.4, 0.5) is 4.79 Å². The molecule has 1 amide bonds. The van der Waals surface area contributed by atoms with E-state index in [0.717, 1.165) is 10.7 Å². The van der Waals surface area contributed by atoms with Crippen LogP contribution in [-0.2, 0) is 14.3 Å². The monoisotopic (exact) mass is 361 g/mol. The number of esters is 1. The fraction of sp³-hybridized carbons (Fsp3) is 0.294. The summed E-state index contributed by atoms with van der Waals surface area (Å²) >= 11 is 5.70. The molecule has 0 aromatic heterocycles. The summed E-state index contributed by atoms with van der Waals surface area (Å²) in [6.07, 6.45) is 2.23. The summed E-state index contributed by atoms with van der Waals surface area (Å²) in [5.41, 5.74) is 1.03. The topological polar surface area (TPSA) is 80.6 Å². The van der Waals surface area contributed by atoms with Gasteiger partial charge in [0.1, 0.15) is 0 Å². The van der Waals surface area contributed by atoms with Crippen molar-refractivity contribution in [2.24, 2.45) is 22.0 Å². The number of hydrazone groups is 2. The fourth-order valence-corrected chi connectivity index (χ4v) is 2.81. The molecule has 2 aliphatic heterocycles. The number of cyclic esters (lactones) is 1. The highest BCUT2D eigenvalue weighted by Crippen LogP contribution is 2.29. The molecule has 0 saturated heterocycles. The van der Waals surface area contributed by atoms with Crippen LogP contribution in [0.1, 0.15) is 19.4 Å². The maximum atomic E-state index is 12.1. The van der Waals surface area contributed by atoms with Crippen LogP contribution >= 0.6 is 11.6 Å². The van der Waals surface area contributed by atoms with Gasteiger partial charge in [0.15, 0.2) is 5.56 Å². The third-order valence-electron chi connectivity index (χ3n) is 3.80. The molecule has 0 saturated carbocycles. The Morgan fingerprint density at radius 2 is 2.04 bits per heavy atom. The van der Waals surface area contributed by atoms with Crippen LogP contribution in [0.25, 0.3) is 0 Å². The van der Waals surface area contributed by atoms with Crippen LogP contribution in [0, 0.1) is 11.8 Å². The largest absolute Gasteiger partial charge is 0.453 e. The molecule has 25 heavy (non-hydrogen) atoms. The minimum absolute atomic E-state index is 0.381. The highest BCUT2D eigenvalue weighted by Gasteiger charge is 2.40. The molecule has 0 bridgehead atoms. The summed E-state index contributed by atoms with van der Waals surface area (Å²) in [4.78, 5) is 24.2. The molecule has 3 atom stereocenters. The van der Waals surface area contributed by atoms with Gasteiger partial charge in [-0.2, -0.15) is 5.10 Å². The van der Waals surface area contributed by atoms with Gasteiger partial charge in [-0.1, -0.05) is 47.1 Å². The van der Waals surface area contributed by atoms with Crippen molar-refractivity contribution >= 4 is 35.1 Å². The van der Waals surface area contributed by atoms with Gasteiger partial charge in [0.05, 0.1) is 23.8 Å². The van der Waals surface area contributed by atoms with Gasteiger partial charge in [-0.25, -0.2) is 4.79 Å². The van der Waals surface area contributed by atoms with Crippen LogP contribution in [0.3, 0.4) is 0 Å². The summed E-state index contributed by atoms with van der Waals surface area (Å²) in [7, 11) is 0. The zero-order valence-electron chi connectivity index (χ0n) is 13.6. The Balaban J connectivity index is 2.01. The van der Waals surface area contributed by atoms with Gasteiger partial charge in [-0.15, -0.1) is 5.10 Å². The Bertz CT molecular complexity index is 773. The number of halogens is 1. The quantitative estimate of drug-likeness (QED) is 0.612. The molecule has 8 heteroatoms. The van der Waals surface area contributed by atoms with E-state index >= 15 is 0 Å². The first kappa shape index (κ1) is 17.2. The number of benzene rings is 1. The van der Waals surface area contributed by atoms with Gasteiger partial charge < -0.3 is 9.47 Å². The van der Waals surface area contributed by atoms with Crippen molar-refractivity contribution in [3.05, 3.63) is 48.2 Å². The summed E-state index contributed by atoms with van der Waals surface area (Å²) in [5, 5.41) is 9.32. The van der Waals surface area contributed by atoms with Crippen molar-refractivity contribution in [1.82, 2.24) is 5.12 Å². The van der Waals surface area contributed by atoms with Crippen molar-refractivity contribution in [2.45, 2.75) is 19.4 Å². The lowest BCUT2D eigenvalue weighted by Gasteiger charge is -2.28. The fourth-order valence-electron chi connectivity index (χ4n) is 2.74. The number of rotatable bonds is 3. The first-order chi connectivity index (χ1) is 12.0. The molecule has 0 fully saturated rings. The van der Waals surface area contributed by atoms with E-state index in [1.165, 1.54) is 13.2 Å². The Hall–Kier alpha value is -2.67. The smallest absolute Gasteiger partial charge is 0.434 e. The average Bonchev–Trinajstić information content (AvgIpc) is 3.00. The van der Waals surface area contributed by atoms with E-state index in [2.05, 4.69) is 10.2 Å². The zero-order chi connectivity index (χ0) is 18.0. The molecular weight excluding hydrogens is 346 g/mol. The summed E-state index contributed by atoms with van der Waals surface area (Å²) in [5.74, 6) is -1.37.